The molecule has 2 heterocycles. The highest BCUT2D eigenvalue weighted by atomic mass is 127. The molecule has 1 aromatic heterocycles. The lowest BCUT2D eigenvalue weighted by Crippen LogP contribution is -2.53. The summed E-state index contributed by atoms with van der Waals surface area (Å²) in [6.45, 7) is 11.8. The SMILES string of the molecule is CCNC(=NCC(Nc1ccccc1)C(C)C)N1CCN(c2ncccn2)CC1.I. The second kappa shape index (κ2) is 12.6. The van der Waals surface area contributed by atoms with Gasteiger partial charge in [0.15, 0.2) is 5.96 Å². The topological polar surface area (TPSA) is 68.7 Å². The van der Waals surface area contributed by atoms with Gasteiger partial charge in [-0.25, -0.2) is 9.97 Å². The molecule has 30 heavy (non-hydrogen) atoms. The van der Waals surface area contributed by atoms with Crippen LogP contribution in [-0.2, 0) is 0 Å². The van der Waals surface area contributed by atoms with E-state index >= 15 is 0 Å². The number of benzene rings is 1. The summed E-state index contributed by atoms with van der Waals surface area (Å²) in [6.07, 6.45) is 3.60. The molecule has 8 heteroatoms. The number of guanidine groups is 1. The highest BCUT2D eigenvalue weighted by Gasteiger charge is 2.22. The summed E-state index contributed by atoms with van der Waals surface area (Å²) in [4.78, 5) is 18.3. The van der Waals surface area contributed by atoms with Gasteiger partial charge in [0.1, 0.15) is 0 Å². The molecule has 1 fully saturated rings. The summed E-state index contributed by atoms with van der Waals surface area (Å²) in [5, 5.41) is 7.09. The zero-order valence-corrected chi connectivity index (χ0v) is 20.5. The second-order valence-electron chi connectivity index (χ2n) is 7.58. The highest BCUT2D eigenvalue weighted by molar-refractivity contribution is 14.0. The Morgan fingerprint density at radius 2 is 1.70 bits per heavy atom. The van der Waals surface area contributed by atoms with Crippen molar-refractivity contribution in [3.8, 4) is 0 Å². The van der Waals surface area contributed by atoms with Crippen LogP contribution >= 0.6 is 24.0 Å². The molecule has 1 saturated heterocycles. The Balaban J connectivity index is 0.00000320. The van der Waals surface area contributed by atoms with Crippen molar-refractivity contribution in [3.05, 3.63) is 48.8 Å². The van der Waals surface area contributed by atoms with Gasteiger partial charge in [-0.3, -0.25) is 4.99 Å². The zero-order valence-electron chi connectivity index (χ0n) is 18.2. The quantitative estimate of drug-likeness (QED) is 0.330. The largest absolute Gasteiger partial charge is 0.380 e. The summed E-state index contributed by atoms with van der Waals surface area (Å²) in [5.74, 6) is 2.27. The van der Waals surface area contributed by atoms with Crippen molar-refractivity contribution in [1.82, 2.24) is 20.2 Å². The Kier molecular flexibility index (Phi) is 10.1. The Hall–Kier alpha value is -2.10. The van der Waals surface area contributed by atoms with E-state index in [1.807, 2.05) is 12.1 Å². The van der Waals surface area contributed by atoms with E-state index in [1.54, 1.807) is 12.4 Å². The molecule has 1 atom stereocenters. The normalized spacial score (nSPS) is 15.5. The molecule has 0 bridgehead atoms. The van der Waals surface area contributed by atoms with Crippen LogP contribution in [0.15, 0.2) is 53.8 Å². The van der Waals surface area contributed by atoms with Crippen molar-refractivity contribution in [2.24, 2.45) is 10.9 Å². The Morgan fingerprint density at radius 1 is 1.03 bits per heavy atom. The lowest BCUT2D eigenvalue weighted by molar-refractivity contribution is 0.369. The van der Waals surface area contributed by atoms with Crippen LogP contribution in [0, 0.1) is 5.92 Å². The smallest absolute Gasteiger partial charge is 0.225 e. The zero-order chi connectivity index (χ0) is 20.5. The predicted molar refractivity (Wildman–Crippen MR) is 136 cm³/mol. The molecule has 0 aliphatic carbocycles. The first kappa shape index (κ1) is 24.2. The van der Waals surface area contributed by atoms with E-state index in [0.717, 1.165) is 56.9 Å². The van der Waals surface area contributed by atoms with E-state index in [1.165, 1.54) is 0 Å². The van der Waals surface area contributed by atoms with Crippen LogP contribution in [-0.4, -0.2) is 66.1 Å². The lowest BCUT2D eigenvalue weighted by atomic mass is 10.0. The molecule has 1 unspecified atom stereocenters. The number of hydrogen-bond donors (Lipinski definition) is 2. The summed E-state index contributed by atoms with van der Waals surface area (Å²) in [5.41, 5.74) is 1.14. The molecule has 1 aliphatic heterocycles. The second-order valence-corrected chi connectivity index (χ2v) is 7.58. The average molecular weight is 523 g/mol. The van der Waals surface area contributed by atoms with Gasteiger partial charge in [-0.05, 0) is 31.0 Å². The number of rotatable bonds is 7. The molecule has 1 aromatic carbocycles. The maximum atomic E-state index is 4.97. The van der Waals surface area contributed by atoms with Gasteiger partial charge < -0.3 is 20.4 Å². The number of nitrogens with one attached hydrogen (secondary N) is 2. The van der Waals surface area contributed by atoms with E-state index in [-0.39, 0.29) is 30.0 Å². The molecule has 7 nitrogen and oxygen atoms in total. The van der Waals surface area contributed by atoms with Gasteiger partial charge >= 0.3 is 0 Å². The summed E-state index contributed by atoms with van der Waals surface area (Å²) in [7, 11) is 0. The first-order valence-electron chi connectivity index (χ1n) is 10.5. The Bertz CT molecular complexity index is 747. The molecule has 0 radical (unpaired) electrons. The van der Waals surface area contributed by atoms with Crippen molar-refractivity contribution in [2.45, 2.75) is 26.8 Å². The maximum Gasteiger partial charge on any atom is 0.225 e. The minimum absolute atomic E-state index is 0. The molecule has 3 rings (SSSR count). The van der Waals surface area contributed by atoms with Crippen molar-refractivity contribution >= 4 is 41.6 Å². The first-order valence-corrected chi connectivity index (χ1v) is 10.5. The van der Waals surface area contributed by atoms with Crippen molar-refractivity contribution in [2.75, 3.05) is 49.5 Å². The first-order chi connectivity index (χ1) is 14.2. The van der Waals surface area contributed by atoms with E-state index in [4.69, 9.17) is 4.99 Å². The molecule has 2 aromatic rings. The van der Waals surface area contributed by atoms with Crippen LogP contribution in [0.2, 0.25) is 0 Å². The van der Waals surface area contributed by atoms with Crippen LogP contribution in [0.5, 0.6) is 0 Å². The predicted octanol–water partition coefficient (Wildman–Crippen LogP) is 3.32. The number of halogens is 1. The molecule has 0 saturated carbocycles. The van der Waals surface area contributed by atoms with E-state index < -0.39 is 0 Å². The number of aromatic nitrogens is 2. The molecule has 1 aliphatic rings. The van der Waals surface area contributed by atoms with Crippen molar-refractivity contribution < 1.29 is 0 Å². The van der Waals surface area contributed by atoms with Crippen LogP contribution < -0.4 is 15.5 Å². The average Bonchev–Trinajstić information content (AvgIpc) is 2.77. The number of para-hydroxylation sites is 1. The minimum Gasteiger partial charge on any atom is -0.380 e. The fourth-order valence-electron chi connectivity index (χ4n) is 3.35. The van der Waals surface area contributed by atoms with Gasteiger partial charge in [-0.2, -0.15) is 0 Å². The van der Waals surface area contributed by atoms with E-state index in [0.29, 0.717) is 5.92 Å². The van der Waals surface area contributed by atoms with Crippen LogP contribution in [0.4, 0.5) is 11.6 Å². The number of hydrogen-bond acceptors (Lipinski definition) is 5. The standard InChI is InChI=1S/C22H33N7.HI/c1-4-23-21(26-17-20(18(2)3)27-19-9-6-5-7-10-19)28-13-15-29(16-14-28)22-24-11-8-12-25-22;/h5-12,18,20,27H,4,13-17H2,1-3H3,(H,23,26);1H. The molecule has 2 N–H and O–H groups in total. The number of piperazine rings is 1. The highest BCUT2D eigenvalue weighted by Crippen LogP contribution is 2.14. The fourth-order valence-corrected chi connectivity index (χ4v) is 3.35. The van der Waals surface area contributed by atoms with Gasteiger partial charge in [0, 0.05) is 56.8 Å². The number of aliphatic imine (C=N–C) groups is 1. The Morgan fingerprint density at radius 3 is 2.30 bits per heavy atom. The third-order valence-electron chi connectivity index (χ3n) is 5.12. The third-order valence-corrected chi connectivity index (χ3v) is 5.12. The van der Waals surface area contributed by atoms with Gasteiger partial charge in [0.05, 0.1) is 6.54 Å². The summed E-state index contributed by atoms with van der Waals surface area (Å²) >= 11 is 0. The molecule has 0 spiro atoms. The van der Waals surface area contributed by atoms with Crippen LogP contribution in [0.1, 0.15) is 20.8 Å². The fraction of sp³-hybridized carbons (Fsp3) is 0.500. The summed E-state index contributed by atoms with van der Waals surface area (Å²) in [6, 6.07) is 12.5. The van der Waals surface area contributed by atoms with Crippen LogP contribution in [0.25, 0.3) is 0 Å². The van der Waals surface area contributed by atoms with E-state index in [2.05, 4.69) is 75.4 Å². The van der Waals surface area contributed by atoms with Crippen molar-refractivity contribution in [3.63, 3.8) is 0 Å². The van der Waals surface area contributed by atoms with E-state index in [9.17, 15) is 0 Å². The Labute approximate surface area is 197 Å². The third kappa shape index (κ3) is 7.00. The monoisotopic (exact) mass is 523 g/mol. The number of anilines is 2. The molecule has 164 valence electrons. The summed E-state index contributed by atoms with van der Waals surface area (Å²) < 4.78 is 0. The maximum absolute atomic E-state index is 4.97. The molecule has 0 amide bonds. The molecular formula is C22H34IN7. The van der Waals surface area contributed by atoms with Gasteiger partial charge in [-0.1, -0.05) is 32.0 Å². The van der Waals surface area contributed by atoms with Gasteiger partial charge in [0.2, 0.25) is 5.95 Å². The molecular weight excluding hydrogens is 489 g/mol. The van der Waals surface area contributed by atoms with Gasteiger partial charge in [0.25, 0.3) is 0 Å². The van der Waals surface area contributed by atoms with Crippen molar-refractivity contribution in [1.29, 1.82) is 0 Å². The number of nitrogens with zero attached hydrogens (tertiary/aromatic N) is 5. The lowest BCUT2D eigenvalue weighted by Gasteiger charge is -2.36. The van der Waals surface area contributed by atoms with Gasteiger partial charge in [-0.15, -0.1) is 24.0 Å². The van der Waals surface area contributed by atoms with Crippen LogP contribution in [0.3, 0.4) is 0 Å². The minimum atomic E-state index is 0.